The van der Waals surface area contributed by atoms with Gasteiger partial charge in [-0.25, -0.2) is 12.8 Å². The van der Waals surface area contributed by atoms with Crippen molar-refractivity contribution in [1.82, 2.24) is 9.21 Å². The monoisotopic (exact) mass is 424 g/mol. The highest BCUT2D eigenvalue weighted by Crippen LogP contribution is 2.23. The number of halogens is 1. The Kier molecular flexibility index (Phi) is 6.58. The molecule has 2 aromatic rings. The second-order valence-corrected chi connectivity index (χ2v) is 9.13. The highest BCUT2D eigenvalue weighted by atomic mass is 32.2. The Balaban J connectivity index is 1.55. The zero-order chi connectivity index (χ0) is 20.1. The van der Waals surface area contributed by atoms with E-state index in [1.165, 1.54) is 29.6 Å². The maximum Gasteiger partial charge on any atom is 0.243 e. The van der Waals surface area contributed by atoms with Crippen LogP contribution in [0, 0.1) is 5.82 Å². The lowest BCUT2D eigenvalue weighted by atomic mass is 10.3. The van der Waals surface area contributed by atoms with Crippen LogP contribution >= 0.6 is 11.8 Å². The predicted octanol–water partition coefficient (Wildman–Crippen LogP) is 2.46. The van der Waals surface area contributed by atoms with Gasteiger partial charge in [0.2, 0.25) is 15.9 Å². The second kappa shape index (κ2) is 8.93. The van der Waals surface area contributed by atoms with Crippen LogP contribution < -0.4 is 4.74 Å². The van der Waals surface area contributed by atoms with E-state index in [-0.39, 0.29) is 35.5 Å². The first-order valence-corrected chi connectivity index (χ1v) is 11.1. The van der Waals surface area contributed by atoms with Gasteiger partial charge in [-0.2, -0.15) is 4.31 Å². The molecule has 2 aromatic carbocycles. The normalized spacial score (nSPS) is 15.4. The largest absolute Gasteiger partial charge is 0.497 e. The van der Waals surface area contributed by atoms with Crippen LogP contribution in [0.4, 0.5) is 4.39 Å². The van der Waals surface area contributed by atoms with Gasteiger partial charge < -0.3 is 9.64 Å². The Labute approximate surface area is 168 Å². The molecule has 3 rings (SSSR count). The first-order chi connectivity index (χ1) is 13.4. The summed E-state index contributed by atoms with van der Waals surface area (Å²) in [5.41, 5.74) is 0. The predicted molar refractivity (Wildman–Crippen MR) is 105 cm³/mol. The molecule has 0 spiro atoms. The zero-order valence-corrected chi connectivity index (χ0v) is 17.0. The van der Waals surface area contributed by atoms with Crippen molar-refractivity contribution in [3.05, 3.63) is 54.3 Å². The molecule has 1 saturated heterocycles. The number of benzene rings is 2. The molecule has 1 fully saturated rings. The Morgan fingerprint density at radius 1 is 1.07 bits per heavy atom. The summed E-state index contributed by atoms with van der Waals surface area (Å²) in [6, 6.07) is 12.5. The fraction of sp³-hybridized carbons (Fsp3) is 0.316. The molecule has 9 heteroatoms. The van der Waals surface area contributed by atoms with Crippen LogP contribution in [-0.2, 0) is 14.8 Å². The maximum absolute atomic E-state index is 13.6. The Morgan fingerprint density at radius 3 is 2.32 bits per heavy atom. The minimum absolute atomic E-state index is 0.117. The number of ether oxygens (including phenoxy) is 1. The summed E-state index contributed by atoms with van der Waals surface area (Å²) in [5.74, 6) is 0.221. The third kappa shape index (κ3) is 4.65. The number of methoxy groups -OCH3 is 1. The summed E-state index contributed by atoms with van der Waals surface area (Å²) < 4.78 is 45.6. The lowest BCUT2D eigenvalue weighted by Crippen LogP contribution is -2.50. The zero-order valence-electron chi connectivity index (χ0n) is 15.4. The smallest absolute Gasteiger partial charge is 0.243 e. The van der Waals surface area contributed by atoms with Gasteiger partial charge in [0.1, 0.15) is 11.6 Å². The number of piperazine rings is 1. The topological polar surface area (TPSA) is 66.9 Å². The van der Waals surface area contributed by atoms with Crippen LogP contribution in [0.15, 0.2) is 58.3 Å². The third-order valence-electron chi connectivity index (χ3n) is 4.48. The first kappa shape index (κ1) is 20.6. The quantitative estimate of drug-likeness (QED) is 0.667. The third-order valence-corrected chi connectivity index (χ3v) is 7.42. The second-order valence-electron chi connectivity index (χ2n) is 6.18. The fourth-order valence-electron chi connectivity index (χ4n) is 2.87. The molecule has 0 atom stereocenters. The van der Waals surface area contributed by atoms with Crippen molar-refractivity contribution in [2.45, 2.75) is 9.79 Å². The summed E-state index contributed by atoms with van der Waals surface area (Å²) in [4.78, 5) is 14.6. The molecule has 0 aromatic heterocycles. The van der Waals surface area contributed by atoms with Crippen LogP contribution in [0.1, 0.15) is 0 Å². The summed E-state index contributed by atoms with van der Waals surface area (Å²) in [5, 5.41) is 0. The van der Waals surface area contributed by atoms with E-state index in [1.807, 2.05) is 0 Å². The lowest BCUT2D eigenvalue weighted by molar-refractivity contribution is -0.129. The lowest BCUT2D eigenvalue weighted by Gasteiger charge is -2.34. The molecule has 0 unspecified atom stereocenters. The molecule has 1 heterocycles. The molecule has 1 amide bonds. The van der Waals surface area contributed by atoms with Crippen molar-refractivity contribution in [3.63, 3.8) is 0 Å². The molecular weight excluding hydrogens is 403 g/mol. The molecule has 0 aliphatic carbocycles. The molecule has 0 N–H and O–H groups in total. The van der Waals surface area contributed by atoms with Crippen molar-refractivity contribution in [3.8, 4) is 5.75 Å². The summed E-state index contributed by atoms with van der Waals surface area (Å²) >= 11 is 1.15. The number of rotatable bonds is 6. The number of hydrogen-bond donors (Lipinski definition) is 0. The van der Waals surface area contributed by atoms with Gasteiger partial charge in [-0.1, -0.05) is 12.1 Å². The number of amides is 1. The van der Waals surface area contributed by atoms with E-state index in [9.17, 15) is 17.6 Å². The maximum atomic E-state index is 13.6. The minimum atomic E-state index is -3.61. The Hall–Kier alpha value is -2.10. The number of carbonyl (C=O) groups excluding carboxylic acids is 1. The van der Waals surface area contributed by atoms with E-state index < -0.39 is 10.0 Å². The minimum Gasteiger partial charge on any atom is -0.497 e. The van der Waals surface area contributed by atoms with Gasteiger partial charge in [0, 0.05) is 31.1 Å². The standard InChI is InChI=1S/C19H21FN2O4S2/c1-26-15-6-8-16(9-7-15)28(24,25)22-12-10-21(11-13-22)19(23)14-27-18-5-3-2-4-17(18)20/h2-9H,10-14H2,1H3. The molecule has 1 aliphatic rings. The average molecular weight is 425 g/mol. The van der Waals surface area contributed by atoms with Crippen molar-refractivity contribution < 1.29 is 22.3 Å². The van der Waals surface area contributed by atoms with Crippen LogP contribution in [0.2, 0.25) is 0 Å². The van der Waals surface area contributed by atoms with Gasteiger partial charge in [-0.3, -0.25) is 4.79 Å². The Morgan fingerprint density at radius 2 is 1.71 bits per heavy atom. The van der Waals surface area contributed by atoms with Crippen molar-refractivity contribution in [2.75, 3.05) is 39.0 Å². The van der Waals surface area contributed by atoms with Gasteiger partial charge in [0.15, 0.2) is 0 Å². The summed E-state index contributed by atoms with van der Waals surface area (Å²) in [6.45, 7) is 1.08. The van der Waals surface area contributed by atoms with E-state index in [0.29, 0.717) is 23.7 Å². The van der Waals surface area contributed by atoms with E-state index in [2.05, 4.69) is 0 Å². The van der Waals surface area contributed by atoms with Crippen LogP contribution in [0.5, 0.6) is 5.75 Å². The Bertz CT molecular complexity index is 927. The average Bonchev–Trinajstić information content (AvgIpc) is 2.73. The van der Waals surface area contributed by atoms with E-state index >= 15 is 0 Å². The fourth-order valence-corrected chi connectivity index (χ4v) is 5.13. The van der Waals surface area contributed by atoms with Crippen molar-refractivity contribution in [1.29, 1.82) is 0 Å². The van der Waals surface area contributed by atoms with E-state index in [0.717, 1.165) is 11.8 Å². The SMILES string of the molecule is COc1ccc(S(=O)(=O)N2CCN(C(=O)CSc3ccccc3F)CC2)cc1. The van der Waals surface area contributed by atoms with Crippen molar-refractivity contribution >= 4 is 27.7 Å². The van der Waals surface area contributed by atoms with Gasteiger partial charge in [-0.15, -0.1) is 11.8 Å². The molecule has 28 heavy (non-hydrogen) atoms. The van der Waals surface area contributed by atoms with Gasteiger partial charge in [-0.05, 0) is 36.4 Å². The van der Waals surface area contributed by atoms with Gasteiger partial charge >= 0.3 is 0 Å². The molecule has 0 saturated carbocycles. The van der Waals surface area contributed by atoms with Crippen molar-refractivity contribution in [2.24, 2.45) is 0 Å². The molecule has 1 aliphatic heterocycles. The molecule has 0 radical (unpaired) electrons. The summed E-state index contributed by atoms with van der Waals surface area (Å²) in [6.07, 6.45) is 0. The van der Waals surface area contributed by atoms with Crippen LogP contribution in [0.25, 0.3) is 0 Å². The highest BCUT2D eigenvalue weighted by molar-refractivity contribution is 8.00. The molecular formula is C19H21FN2O4S2. The summed E-state index contributed by atoms with van der Waals surface area (Å²) in [7, 11) is -2.09. The number of hydrogen-bond acceptors (Lipinski definition) is 5. The number of nitrogens with zero attached hydrogens (tertiary/aromatic N) is 2. The first-order valence-electron chi connectivity index (χ1n) is 8.71. The van der Waals surface area contributed by atoms with Gasteiger partial charge in [0.05, 0.1) is 17.8 Å². The number of carbonyl (C=O) groups is 1. The molecule has 150 valence electrons. The number of sulfonamides is 1. The van der Waals surface area contributed by atoms with Crippen LogP contribution in [0.3, 0.4) is 0 Å². The van der Waals surface area contributed by atoms with Crippen LogP contribution in [-0.4, -0.2) is 62.6 Å². The van der Waals surface area contributed by atoms with Gasteiger partial charge in [0.25, 0.3) is 0 Å². The van der Waals surface area contributed by atoms with E-state index in [1.54, 1.807) is 35.2 Å². The molecule has 6 nitrogen and oxygen atoms in total. The molecule has 0 bridgehead atoms. The highest BCUT2D eigenvalue weighted by Gasteiger charge is 2.30. The number of thioether (sulfide) groups is 1. The van der Waals surface area contributed by atoms with E-state index in [4.69, 9.17) is 4.74 Å².